The lowest BCUT2D eigenvalue weighted by Crippen LogP contribution is -2.33. The summed E-state index contributed by atoms with van der Waals surface area (Å²) in [6.07, 6.45) is 0.828. The lowest BCUT2D eigenvalue weighted by molar-refractivity contribution is -0.138. The molecular formula is C20H23NO4S. The summed E-state index contributed by atoms with van der Waals surface area (Å²) in [7, 11) is 0. The van der Waals surface area contributed by atoms with Crippen LogP contribution in [0.2, 0.25) is 0 Å². The highest BCUT2D eigenvalue weighted by molar-refractivity contribution is 7.99. The Kier molecular flexibility index (Phi) is 6.41. The number of hydrogen-bond acceptors (Lipinski definition) is 5. The number of ether oxygens (including phenoxy) is 2. The molecule has 2 N–H and O–H groups in total. The molecular weight excluding hydrogens is 350 g/mol. The van der Waals surface area contributed by atoms with E-state index in [0.717, 1.165) is 12.0 Å². The van der Waals surface area contributed by atoms with Crippen molar-refractivity contribution in [1.82, 2.24) is 5.32 Å². The van der Waals surface area contributed by atoms with Crippen LogP contribution in [0.5, 0.6) is 11.5 Å². The van der Waals surface area contributed by atoms with E-state index in [-0.39, 0.29) is 5.37 Å². The summed E-state index contributed by atoms with van der Waals surface area (Å²) in [5, 5.41) is 12.2. The minimum Gasteiger partial charge on any atom is -0.490 e. The second-order valence-electron chi connectivity index (χ2n) is 5.99. The summed E-state index contributed by atoms with van der Waals surface area (Å²) in [5.41, 5.74) is 2.23. The first kappa shape index (κ1) is 18.6. The van der Waals surface area contributed by atoms with Crippen molar-refractivity contribution in [3.8, 4) is 11.5 Å². The third-order valence-electron chi connectivity index (χ3n) is 4.14. The minimum absolute atomic E-state index is 0.0475. The molecule has 0 radical (unpaired) electrons. The van der Waals surface area contributed by atoms with Crippen molar-refractivity contribution in [2.45, 2.75) is 24.8 Å². The molecule has 0 bridgehead atoms. The Bertz CT molecular complexity index is 738. The van der Waals surface area contributed by atoms with Crippen molar-refractivity contribution >= 4 is 17.7 Å². The SMILES string of the molecule is CCOc1cc(C2NC(C(=O)O)CS2)ccc1OCCc1ccccc1. The molecule has 1 aliphatic heterocycles. The third-order valence-corrected chi connectivity index (χ3v) is 5.41. The van der Waals surface area contributed by atoms with E-state index < -0.39 is 12.0 Å². The maximum absolute atomic E-state index is 11.1. The Labute approximate surface area is 157 Å². The zero-order valence-corrected chi connectivity index (χ0v) is 15.5. The summed E-state index contributed by atoms with van der Waals surface area (Å²) < 4.78 is 11.7. The summed E-state index contributed by atoms with van der Waals surface area (Å²) >= 11 is 1.59. The number of carboxylic acid groups (broad SMARTS) is 1. The molecule has 1 fully saturated rings. The number of benzene rings is 2. The molecule has 0 aromatic heterocycles. The van der Waals surface area contributed by atoms with E-state index in [9.17, 15) is 4.79 Å². The van der Waals surface area contributed by atoms with Gasteiger partial charge in [-0.3, -0.25) is 10.1 Å². The Balaban J connectivity index is 1.65. The van der Waals surface area contributed by atoms with Crippen molar-refractivity contribution < 1.29 is 19.4 Å². The fraction of sp³-hybridized carbons (Fsp3) is 0.350. The van der Waals surface area contributed by atoms with Gasteiger partial charge in [0.1, 0.15) is 6.04 Å². The predicted molar refractivity (Wildman–Crippen MR) is 103 cm³/mol. The first-order valence-electron chi connectivity index (χ1n) is 8.71. The largest absolute Gasteiger partial charge is 0.490 e. The van der Waals surface area contributed by atoms with Crippen LogP contribution < -0.4 is 14.8 Å². The van der Waals surface area contributed by atoms with Crippen LogP contribution in [0.1, 0.15) is 23.4 Å². The molecule has 1 saturated heterocycles. The molecule has 3 rings (SSSR count). The van der Waals surface area contributed by atoms with Crippen LogP contribution >= 0.6 is 11.8 Å². The molecule has 1 heterocycles. The van der Waals surface area contributed by atoms with E-state index >= 15 is 0 Å². The minimum atomic E-state index is -0.814. The lowest BCUT2D eigenvalue weighted by Gasteiger charge is -2.16. The van der Waals surface area contributed by atoms with Gasteiger partial charge < -0.3 is 14.6 Å². The molecule has 0 amide bonds. The van der Waals surface area contributed by atoms with Crippen LogP contribution in [0.3, 0.4) is 0 Å². The normalized spacial score (nSPS) is 19.3. The number of carboxylic acids is 1. The zero-order valence-electron chi connectivity index (χ0n) is 14.7. The molecule has 0 spiro atoms. The van der Waals surface area contributed by atoms with E-state index in [0.29, 0.717) is 30.5 Å². The van der Waals surface area contributed by atoms with Gasteiger partial charge in [-0.15, -0.1) is 11.8 Å². The standard InChI is InChI=1S/C20H23NO4S/c1-2-24-18-12-15(19-21-16(13-26-19)20(22)23)8-9-17(18)25-11-10-14-6-4-3-5-7-14/h3-9,12,16,19,21H,2,10-11,13H2,1H3,(H,22,23). The van der Waals surface area contributed by atoms with Gasteiger partial charge in [0.25, 0.3) is 0 Å². The van der Waals surface area contributed by atoms with Gasteiger partial charge in [-0.1, -0.05) is 36.4 Å². The van der Waals surface area contributed by atoms with Gasteiger partial charge in [0.05, 0.1) is 18.6 Å². The van der Waals surface area contributed by atoms with Gasteiger partial charge in [0.2, 0.25) is 0 Å². The Morgan fingerprint density at radius 1 is 1.19 bits per heavy atom. The first-order chi connectivity index (χ1) is 12.7. The summed E-state index contributed by atoms with van der Waals surface area (Å²) in [6, 6.07) is 15.5. The van der Waals surface area contributed by atoms with Crippen LogP contribution in [0.15, 0.2) is 48.5 Å². The molecule has 1 aliphatic rings. The molecule has 6 heteroatoms. The molecule has 0 saturated carbocycles. The highest BCUT2D eigenvalue weighted by Gasteiger charge is 2.30. The van der Waals surface area contributed by atoms with Gasteiger partial charge in [-0.05, 0) is 30.2 Å². The fourth-order valence-electron chi connectivity index (χ4n) is 2.81. The highest BCUT2D eigenvalue weighted by Crippen LogP contribution is 2.37. The molecule has 2 unspecified atom stereocenters. The molecule has 0 aliphatic carbocycles. The van der Waals surface area contributed by atoms with Crippen molar-refractivity contribution in [2.75, 3.05) is 19.0 Å². The number of rotatable bonds is 8. The van der Waals surface area contributed by atoms with Crippen LogP contribution in [-0.2, 0) is 11.2 Å². The number of hydrogen-bond donors (Lipinski definition) is 2. The molecule has 2 aromatic rings. The van der Waals surface area contributed by atoms with Crippen LogP contribution in [-0.4, -0.2) is 36.1 Å². The lowest BCUT2D eigenvalue weighted by atomic mass is 10.1. The van der Waals surface area contributed by atoms with E-state index in [4.69, 9.17) is 14.6 Å². The molecule has 26 heavy (non-hydrogen) atoms. The number of nitrogens with one attached hydrogen (secondary N) is 1. The molecule has 2 aromatic carbocycles. The van der Waals surface area contributed by atoms with Gasteiger partial charge in [-0.2, -0.15) is 0 Å². The average Bonchev–Trinajstić information content (AvgIpc) is 3.14. The maximum atomic E-state index is 11.1. The topological polar surface area (TPSA) is 67.8 Å². The summed E-state index contributed by atoms with van der Waals surface area (Å²) in [4.78, 5) is 11.1. The van der Waals surface area contributed by atoms with Crippen molar-refractivity contribution in [1.29, 1.82) is 0 Å². The number of carbonyl (C=O) groups is 1. The summed E-state index contributed by atoms with van der Waals surface area (Å²) in [6.45, 7) is 3.05. The van der Waals surface area contributed by atoms with Crippen molar-refractivity contribution in [3.63, 3.8) is 0 Å². The van der Waals surface area contributed by atoms with Crippen molar-refractivity contribution in [3.05, 3.63) is 59.7 Å². The number of thioether (sulfide) groups is 1. The monoisotopic (exact) mass is 373 g/mol. The second-order valence-corrected chi connectivity index (χ2v) is 7.13. The second kappa shape index (κ2) is 8.96. The highest BCUT2D eigenvalue weighted by atomic mass is 32.2. The Morgan fingerprint density at radius 3 is 2.69 bits per heavy atom. The first-order valence-corrected chi connectivity index (χ1v) is 9.76. The van der Waals surface area contributed by atoms with Gasteiger partial charge in [0.15, 0.2) is 11.5 Å². The molecule has 5 nitrogen and oxygen atoms in total. The van der Waals surface area contributed by atoms with E-state index in [1.54, 1.807) is 11.8 Å². The Morgan fingerprint density at radius 2 is 2.00 bits per heavy atom. The van der Waals surface area contributed by atoms with E-state index in [2.05, 4.69) is 17.4 Å². The summed E-state index contributed by atoms with van der Waals surface area (Å²) in [5.74, 6) is 1.15. The molecule has 138 valence electrons. The zero-order chi connectivity index (χ0) is 18.4. The third kappa shape index (κ3) is 4.71. The maximum Gasteiger partial charge on any atom is 0.321 e. The van der Waals surface area contributed by atoms with Crippen LogP contribution in [0.4, 0.5) is 0 Å². The van der Waals surface area contributed by atoms with Crippen LogP contribution in [0.25, 0.3) is 0 Å². The van der Waals surface area contributed by atoms with Gasteiger partial charge >= 0.3 is 5.97 Å². The van der Waals surface area contributed by atoms with Crippen LogP contribution in [0, 0.1) is 0 Å². The quantitative estimate of drug-likeness (QED) is 0.738. The fourth-order valence-corrected chi connectivity index (χ4v) is 4.03. The molecule has 2 atom stereocenters. The van der Waals surface area contributed by atoms with E-state index in [1.807, 2.05) is 43.3 Å². The van der Waals surface area contributed by atoms with Gasteiger partial charge in [-0.25, -0.2) is 0 Å². The van der Waals surface area contributed by atoms with E-state index in [1.165, 1.54) is 5.56 Å². The smallest absolute Gasteiger partial charge is 0.321 e. The number of aliphatic carboxylic acids is 1. The van der Waals surface area contributed by atoms with Gasteiger partial charge in [0, 0.05) is 12.2 Å². The van der Waals surface area contributed by atoms with Crippen molar-refractivity contribution in [2.24, 2.45) is 0 Å². The Hall–Kier alpha value is -2.18. The average molecular weight is 373 g/mol. The predicted octanol–water partition coefficient (Wildman–Crippen LogP) is 3.50.